The highest BCUT2D eigenvalue weighted by Crippen LogP contribution is 2.27. The van der Waals surface area contributed by atoms with Gasteiger partial charge in [-0.25, -0.2) is 0 Å². The molecule has 1 aromatic carbocycles. The molecule has 0 aliphatic carbocycles. The van der Waals surface area contributed by atoms with Crippen LogP contribution in [-0.4, -0.2) is 0 Å². The maximum atomic E-state index is 3.55. The minimum atomic E-state index is 0.431. The van der Waals surface area contributed by atoms with Crippen LogP contribution in [0.3, 0.4) is 0 Å². The minimum Gasteiger partial charge on any atom is -0.0842 e. The van der Waals surface area contributed by atoms with Crippen LogP contribution in [0.4, 0.5) is 0 Å². The van der Waals surface area contributed by atoms with E-state index in [4.69, 9.17) is 0 Å². The SMILES string of the molecule is Cc1ccc(Br)cc1C(C)Br. The Hall–Kier alpha value is 0.180. The summed E-state index contributed by atoms with van der Waals surface area (Å²) in [6, 6.07) is 6.33. The van der Waals surface area contributed by atoms with Gasteiger partial charge in [0, 0.05) is 9.30 Å². The zero-order chi connectivity index (χ0) is 8.43. The van der Waals surface area contributed by atoms with Crippen LogP contribution >= 0.6 is 31.9 Å². The van der Waals surface area contributed by atoms with Crippen LogP contribution in [0.5, 0.6) is 0 Å². The molecule has 60 valence electrons. The second-order valence-electron chi connectivity index (χ2n) is 2.62. The molecule has 0 saturated heterocycles. The summed E-state index contributed by atoms with van der Waals surface area (Å²) in [5.41, 5.74) is 2.68. The Balaban J connectivity index is 3.13. The Morgan fingerprint density at radius 3 is 2.45 bits per heavy atom. The molecule has 1 rings (SSSR count). The van der Waals surface area contributed by atoms with Gasteiger partial charge in [-0.3, -0.25) is 0 Å². The first kappa shape index (κ1) is 9.27. The molecule has 0 aliphatic heterocycles. The van der Waals surface area contributed by atoms with Crippen LogP contribution in [0.1, 0.15) is 22.9 Å². The fourth-order valence-corrected chi connectivity index (χ4v) is 1.91. The molecule has 0 amide bonds. The van der Waals surface area contributed by atoms with Crippen molar-refractivity contribution in [1.29, 1.82) is 0 Å². The van der Waals surface area contributed by atoms with Crippen LogP contribution in [0.25, 0.3) is 0 Å². The van der Waals surface area contributed by atoms with Gasteiger partial charge in [-0.2, -0.15) is 0 Å². The highest BCUT2D eigenvalue weighted by molar-refractivity contribution is 9.10. The molecule has 0 saturated carbocycles. The second-order valence-corrected chi connectivity index (χ2v) is 4.91. The van der Waals surface area contributed by atoms with Crippen molar-refractivity contribution in [1.82, 2.24) is 0 Å². The zero-order valence-electron chi connectivity index (χ0n) is 6.57. The molecule has 1 unspecified atom stereocenters. The van der Waals surface area contributed by atoms with Gasteiger partial charge in [0.05, 0.1) is 0 Å². The summed E-state index contributed by atoms with van der Waals surface area (Å²) < 4.78 is 1.14. The monoisotopic (exact) mass is 276 g/mol. The van der Waals surface area contributed by atoms with Gasteiger partial charge >= 0.3 is 0 Å². The molecule has 0 heterocycles. The quantitative estimate of drug-likeness (QED) is 0.675. The van der Waals surface area contributed by atoms with Crippen molar-refractivity contribution >= 4 is 31.9 Å². The molecule has 0 bridgehead atoms. The molecule has 0 fully saturated rings. The normalized spacial score (nSPS) is 13.1. The topological polar surface area (TPSA) is 0 Å². The molecule has 0 nitrogen and oxygen atoms in total. The van der Waals surface area contributed by atoms with Gasteiger partial charge in [0.2, 0.25) is 0 Å². The Kier molecular flexibility index (Phi) is 3.14. The number of hydrogen-bond donors (Lipinski definition) is 0. The summed E-state index contributed by atoms with van der Waals surface area (Å²) in [6.07, 6.45) is 0. The molecular weight excluding hydrogens is 268 g/mol. The van der Waals surface area contributed by atoms with Crippen molar-refractivity contribution < 1.29 is 0 Å². The van der Waals surface area contributed by atoms with Crippen LogP contribution in [0, 0.1) is 6.92 Å². The average Bonchev–Trinajstić information content (AvgIpc) is 1.94. The molecule has 1 aromatic rings. The third kappa shape index (κ3) is 2.31. The van der Waals surface area contributed by atoms with E-state index < -0.39 is 0 Å². The standard InChI is InChI=1S/C9H10Br2/c1-6-3-4-8(11)5-9(6)7(2)10/h3-5,7H,1-2H3. The third-order valence-corrected chi connectivity index (χ3v) is 2.66. The summed E-state index contributed by atoms with van der Waals surface area (Å²) in [7, 11) is 0. The Bertz CT molecular complexity index is 254. The van der Waals surface area contributed by atoms with Gasteiger partial charge in [-0.1, -0.05) is 37.9 Å². The van der Waals surface area contributed by atoms with Crippen molar-refractivity contribution in [3.8, 4) is 0 Å². The number of halogens is 2. The smallest absolute Gasteiger partial charge is 0.0370 e. The fourth-order valence-electron chi connectivity index (χ4n) is 1.04. The lowest BCUT2D eigenvalue weighted by molar-refractivity contribution is 1.09. The second kappa shape index (κ2) is 3.72. The lowest BCUT2D eigenvalue weighted by Crippen LogP contribution is -1.88. The first-order valence-corrected chi connectivity index (χ1v) is 5.22. The Morgan fingerprint density at radius 2 is 2.00 bits per heavy atom. The number of hydrogen-bond acceptors (Lipinski definition) is 0. The highest BCUT2D eigenvalue weighted by atomic mass is 79.9. The molecule has 2 heteroatoms. The van der Waals surface area contributed by atoms with Gasteiger partial charge in [0.1, 0.15) is 0 Å². The maximum Gasteiger partial charge on any atom is 0.0370 e. The molecule has 0 radical (unpaired) electrons. The number of aryl methyl sites for hydroxylation is 1. The molecule has 0 N–H and O–H groups in total. The average molecular weight is 278 g/mol. The van der Waals surface area contributed by atoms with E-state index >= 15 is 0 Å². The predicted octanol–water partition coefficient (Wildman–Crippen LogP) is 4.21. The number of alkyl halides is 1. The van der Waals surface area contributed by atoms with Crippen molar-refractivity contribution in [2.45, 2.75) is 18.7 Å². The minimum absolute atomic E-state index is 0.431. The highest BCUT2D eigenvalue weighted by Gasteiger charge is 2.03. The van der Waals surface area contributed by atoms with E-state index in [1.165, 1.54) is 11.1 Å². The van der Waals surface area contributed by atoms with Gasteiger partial charge in [0.15, 0.2) is 0 Å². The Labute approximate surface area is 84.3 Å². The first-order chi connectivity index (χ1) is 5.11. The molecule has 11 heavy (non-hydrogen) atoms. The zero-order valence-corrected chi connectivity index (χ0v) is 9.74. The molecule has 1 atom stereocenters. The van der Waals surface area contributed by atoms with Crippen LogP contribution in [-0.2, 0) is 0 Å². The van der Waals surface area contributed by atoms with E-state index in [2.05, 4.69) is 63.9 Å². The summed E-state index contributed by atoms with van der Waals surface area (Å²) in [5, 5.41) is 0. The van der Waals surface area contributed by atoms with Gasteiger partial charge in [-0.15, -0.1) is 0 Å². The van der Waals surface area contributed by atoms with Crippen molar-refractivity contribution in [2.75, 3.05) is 0 Å². The molecule has 0 aromatic heterocycles. The lowest BCUT2D eigenvalue weighted by atomic mass is 10.1. The van der Waals surface area contributed by atoms with Crippen molar-refractivity contribution in [3.63, 3.8) is 0 Å². The lowest BCUT2D eigenvalue weighted by Gasteiger charge is -2.07. The Morgan fingerprint density at radius 1 is 1.36 bits per heavy atom. The van der Waals surface area contributed by atoms with Crippen molar-refractivity contribution in [3.05, 3.63) is 33.8 Å². The van der Waals surface area contributed by atoms with Crippen molar-refractivity contribution in [2.24, 2.45) is 0 Å². The fraction of sp³-hybridized carbons (Fsp3) is 0.333. The van der Waals surface area contributed by atoms with E-state index in [0.717, 1.165) is 4.47 Å². The number of benzene rings is 1. The van der Waals surface area contributed by atoms with Crippen LogP contribution in [0.15, 0.2) is 22.7 Å². The van der Waals surface area contributed by atoms with E-state index in [-0.39, 0.29) is 0 Å². The summed E-state index contributed by atoms with van der Waals surface area (Å²) in [4.78, 5) is 0.431. The van der Waals surface area contributed by atoms with E-state index in [0.29, 0.717) is 4.83 Å². The number of rotatable bonds is 1. The van der Waals surface area contributed by atoms with Gasteiger partial charge in [0.25, 0.3) is 0 Å². The summed E-state index contributed by atoms with van der Waals surface area (Å²) in [5.74, 6) is 0. The first-order valence-electron chi connectivity index (χ1n) is 3.51. The summed E-state index contributed by atoms with van der Waals surface area (Å²) >= 11 is 6.99. The van der Waals surface area contributed by atoms with Gasteiger partial charge in [-0.05, 0) is 37.1 Å². The maximum absolute atomic E-state index is 3.55. The molecular formula is C9H10Br2. The van der Waals surface area contributed by atoms with E-state index in [1.54, 1.807) is 0 Å². The summed E-state index contributed by atoms with van der Waals surface area (Å²) in [6.45, 7) is 4.26. The molecule has 0 aliphatic rings. The van der Waals surface area contributed by atoms with Gasteiger partial charge < -0.3 is 0 Å². The molecule has 0 spiro atoms. The van der Waals surface area contributed by atoms with E-state index in [1.807, 2.05) is 0 Å². The third-order valence-electron chi connectivity index (χ3n) is 1.67. The largest absolute Gasteiger partial charge is 0.0842 e. The van der Waals surface area contributed by atoms with E-state index in [9.17, 15) is 0 Å². The predicted molar refractivity (Wildman–Crippen MR) is 56.2 cm³/mol. The van der Waals surface area contributed by atoms with Crippen LogP contribution < -0.4 is 0 Å². The van der Waals surface area contributed by atoms with Crippen LogP contribution in [0.2, 0.25) is 0 Å².